The highest BCUT2D eigenvalue weighted by Gasteiger charge is 2.20. The van der Waals surface area contributed by atoms with Gasteiger partial charge in [-0.2, -0.15) is 0 Å². The molecule has 0 amide bonds. The minimum atomic E-state index is 0.570. The molecule has 0 aromatic carbocycles. The third-order valence-electron chi connectivity index (χ3n) is 2.61. The minimum absolute atomic E-state index is 0.570. The monoisotopic (exact) mass is 170 g/mol. The molecule has 2 heterocycles. The van der Waals surface area contributed by atoms with E-state index < -0.39 is 0 Å². The van der Waals surface area contributed by atoms with Crippen molar-refractivity contribution in [3.63, 3.8) is 0 Å². The van der Waals surface area contributed by atoms with E-state index in [1.165, 1.54) is 13.1 Å². The summed E-state index contributed by atoms with van der Waals surface area (Å²) in [4.78, 5) is 2.52. The number of nitrogens with zero attached hydrogens (tertiary/aromatic N) is 1. The maximum atomic E-state index is 3.52. The van der Waals surface area contributed by atoms with Crippen molar-refractivity contribution < 1.29 is 0 Å². The predicted molar refractivity (Wildman–Crippen MR) is 49.1 cm³/mol. The van der Waals surface area contributed by atoms with E-state index in [-0.39, 0.29) is 0 Å². The molecule has 0 radical (unpaired) electrons. The van der Waals surface area contributed by atoms with Crippen molar-refractivity contribution in [2.45, 2.75) is 6.17 Å². The van der Waals surface area contributed by atoms with Gasteiger partial charge < -0.3 is 10.6 Å². The molecule has 0 saturated carbocycles. The molecule has 70 valence electrons. The summed E-state index contributed by atoms with van der Waals surface area (Å²) in [7, 11) is 0. The lowest BCUT2D eigenvalue weighted by atomic mass is 10.3. The fourth-order valence-corrected chi connectivity index (χ4v) is 1.89. The Morgan fingerprint density at radius 3 is 2.42 bits per heavy atom. The van der Waals surface area contributed by atoms with E-state index in [0.717, 1.165) is 32.7 Å². The second kappa shape index (κ2) is 4.18. The largest absolute Gasteiger partial charge is 0.314 e. The lowest BCUT2D eigenvalue weighted by Gasteiger charge is -2.37. The zero-order chi connectivity index (χ0) is 8.23. The molecule has 2 fully saturated rings. The highest BCUT2D eigenvalue weighted by Crippen LogP contribution is 1.99. The van der Waals surface area contributed by atoms with Gasteiger partial charge in [-0.3, -0.25) is 10.2 Å². The quantitative estimate of drug-likeness (QED) is 0.444. The maximum Gasteiger partial charge on any atom is 0.0727 e. The molecule has 2 aliphatic rings. The van der Waals surface area contributed by atoms with Crippen molar-refractivity contribution in [2.24, 2.45) is 0 Å². The standard InChI is InChI=1S/C8H18N4/c1-2-11-8(7-10-1)12-5-3-9-4-6-12/h8-11H,1-7H2. The van der Waals surface area contributed by atoms with Crippen LogP contribution in [0.1, 0.15) is 0 Å². The first-order valence-electron chi connectivity index (χ1n) is 4.86. The Bertz CT molecular complexity index is 111. The second-order valence-electron chi connectivity index (χ2n) is 3.46. The third-order valence-corrected chi connectivity index (χ3v) is 2.61. The lowest BCUT2D eigenvalue weighted by molar-refractivity contribution is 0.131. The second-order valence-corrected chi connectivity index (χ2v) is 3.46. The number of piperazine rings is 2. The first-order chi connectivity index (χ1) is 5.97. The molecule has 4 nitrogen and oxygen atoms in total. The molecule has 0 bridgehead atoms. The van der Waals surface area contributed by atoms with Crippen molar-refractivity contribution in [1.82, 2.24) is 20.9 Å². The molecule has 1 unspecified atom stereocenters. The van der Waals surface area contributed by atoms with Crippen LogP contribution in [0, 0.1) is 0 Å². The summed E-state index contributed by atoms with van der Waals surface area (Å²) < 4.78 is 0. The normalized spacial score (nSPS) is 33.5. The van der Waals surface area contributed by atoms with Gasteiger partial charge >= 0.3 is 0 Å². The molecular formula is C8H18N4. The van der Waals surface area contributed by atoms with Gasteiger partial charge in [0.05, 0.1) is 6.17 Å². The molecule has 12 heavy (non-hydrogen) atoms. The highest BCUT2D eigenvalue weighted by molar-refractivity contribution is 4.79. The molecular weight excluding hydrogens is 152 g/mol. The molecule has 0 aliphatic carbocycles. The fraction of sp³-hybridized carbons (Fsp3) is 1.00. The van der Waals surface area contributed by atoms with Crippen LogP contribution in [0.15, 0.2) is 0 Å². The Morgan fingerprint density at radius 2 is 1.75 bits per heavy atom. The molecule has 2 rings (SSSR count). The summed E-state index contributed by atoms with van der Waals surface area (Å²) in [5.74, 6) is 0. The van der Waals surface area contributed by atoms with Crippen molar-refractivity contribution >= 4 is 0 Å². The predicted octanol–water partition coefficient (Wildman–Crippen LogP) is -1.59. The van der Waals surface area contributed by atoms with E-state index in [0.29, 0.717) is 6.17 Å². The smallest absolute Gasteiger partial charge is 0.0727 e. The third kappa shape index (κ3) is 1.95. The molecule has 1 atom stereocenters. The lowest BCUT2D eigenvalue weighted by Crippen LogP contribution is -2.60. The average Bonchev–Trinajstić information content (AvgIpc) is 2.21. The van der Waals surface area contributed by atoms with Crippen LogP contribution in [-0.4, -0.2) is 56.9 Å². The summed E-state index contributed by atoms with van der Waals surface area (Å²) in [5, 5.41) is 10.3. The van der Waals surface area contributed by atoms with Gasteiger partial charge in [-0.1, -0.05) is 0 Å². The van der Waals surface area contributed by atoms with E-state index in [4.69, 9.17) is 0 Å². The first-order valence-corrected chi connectivity index (χ1v) is 4.86. The van der Waals surface area contributed by atoms with Gasteiger partial charge in [0.1, 0.15) is 0 Å². The van der Waals surface area contributed by atoms with Crippen molar-refractivity contribution in [1.29, 1.82) is 0 Å². The molecule has 2 saturated heterocycles. The van der Waals surface area contributed by atoms with Gasteiger partial charge in [0.15, 0.2) is 0 Å². The Hall–Kier alpha value is -0.160. The van der Waals surface area contributed by atoms with Crippen LogP contribution in [0.25, 0.3) is 0 Å². The van der Waals surface area contributed by atoms with E-state index in [1.807, 2.05) is 0 Å². The average molecular weight is 170 g/mol. The van der Waals surface area contributed by atoms with Gasteiger partial charge in [0, 0.05) is 45.8 Å². The summed E-state index contributed by atoms with van der Waals surface area (Å²) in [6.45, 7) is 7.95. The summed E-state index contributed by atoms with van der Waals surface area (Å²) in [6.07, 6.45) is 0.570. The fourth-order valence-electron chi connectivity index (χ4n) is 1.89. The molecule has 0 aromatic heterocycles. The topological polar surface area (TPSA) is 39.3 Å². The van der Waals surface area contributed by atoms with Crippen molar-refractivity contribution in [3.8, 4) is 0 Å². The molecule has 3 N–H and O–H groups in total. The number of hydrogen-bond donors (Lipinski definition) is 3. The first kappa shape index (κ1) is 8.44. The van der Waals surface area contributed by atoms with Crippen LogP contribution in [-0.2, 0) is 0 Å². The van der Waals surface area contributed by atoms with Gasteiger partial charge in [-0.05, 0) is 0 Å². The van der Waals surface area contributed by atoms with E-state index in [1.54, 1.807) is 0 Å². The van der Waals surface area contributed by atoms with Crippen LogP contribution in [0.4, 0.5) is 0 Å². The molecule has 2 aliphatic heterocycles. The van der Waals surface area contributed by atoms with Gasteiger partial charge in [0.25, 0.3) is 0 Å². The van der Waals surface area contributed by atoms with Crippen molar-refractivity contribution in [2.75, 3.05) is 45.8 Å². The van der Waals surface area contributed by atoms with Crippen LogP contribution >= 0.6 is 0 Å². The van der Waals surface area contributed by atoms with Gasteiger partial charge in [0.2, 0.25) is 0 Å². The van der Waals surface area contributed by atoms with Crippen LogP contribution in [0.3, 0.4) is 0 Å². The molecule has 0 spiro atoms. The number of nitrogens with one attached hydrogen (secondary N) is 3. The Labute approximate surface area is 73.7 Å². The van der Waals surface area contributed by atoms with Gasteiger partial charge in [-0.25, -0.2) is 0 Å². The van der Waals surface area contributed by atoms with E-state index in [9.17, 15) is 0 Å². The zero-order valence-corrected chi connectivity index (χ0v) is 7.47. The van der Waals surface area contributed by atoms with E-state index >= 15 is 0 Å². The summed E-state index contributed by atoms with van der Waals surface area (Å²) in [5.41, 5.74) is 0. The SMILES string of the molecule is C1CN(C2CNCCN2)CCN1. The zero-order valence-electron chi connectivity index (χ0n) is 7.47. The van der Waals surface area contributed by atoms with Crippen LogP contribution < -0.4 is 16.0 Å². The Morgan fingerprint density at radius 1 is 0.917 bits per heavy atom. The summed E-state index contributed by atoms with van der Waals surface area (Å²) in [6, 6.07) is 0. The van der Waals surface area contributed by atoms with Crippen LogP contribution in [0.2, 0.25) is 0 Å². The van der Waals surface area contributed by atoms with Gasteiger partial charge in [-0.15, -0.1) is 0 Å². The maximum absolute atomic E-state index is 3.52. The number of rotatable bonds is 1. The van der Waals surface area contributed by atoms with E-state index in [2.05, 4.69) is 20.9 Å². The summed E-state index contributed by atoms with van der Waals surface area (Å²) >= 11 is 0. The molecule has 4 heteroatoms. The number of hydrogen-bond acceptors (Lipinski definition) is 4. The molecule has 0 aromatic rings. The minimum Gasteiger partial charge on any atom is -0.314 e. The van der Waals surface area contributed by atoms with Crippen molar-refractivity contribution in [3.05, 3.63) is 0 Å². The Balaban J connectivity index is 1.80. The Kier molecular flexibility index (Phi) is 2.94. The highest BCUT2D eigenvalue weighted by atomic mass is 15.3. The van der Waals surface area contributed by atoms with Crippen LogP contribution in [0.5, 0.6) is 0 Å².